The Bertz CT molecular complexity index is 860. The minimum absolute atomic E-state index is 0.287. The first-order valence-corrected chi connectivity index (χ1v) is 8.59. The van der Waals surface area contributed by atoms with Gasteiger partial charge in [0.1, 0.15) is 12.7 Å². The third-order valence-electron chi connectivity index (χ3n) is 3.80. The van der Waals surface area contributed by atoms with Crippen molar-refractivity contribution in [3.63, 3.8) is 0 Å². The van der Waals surface area contributed by atoms with Crippen LogP contribution < -0.4 is 10.6 Å². The molecule has 0 aliphatic carbocycles. The number of anilines is 1. The Morgan fingerprint density at radius 1 is 0.966 bits per heavy atom. The normalized spacial score (nSPS) is 12.3. The summed E-state index contributed by atoms with van der Waals surface area (Å²) in [6, 6.07) is 14.7. The number of carboxylic acids is 1. The number of alkyl halides is 1. The molecule has 0 fully saturated rings. The number of nitrogens with one attached hydrogen (secondary N) is 2. The van der Waals surface area contributed by atoms with E-state index in [-0.39, 0.29) is 5.56 Å². The van der Waals surface area contributed by atoms with Crippen molar-refractivity contribution in [2.45, 2.75) is 18.6 Å². The molecule has 0 aliphatic rings. The molecule has 0 aliphatic heterocycles. The van der Waals surface area contributed by atoms with Crippen LogP contribution >= 0.6 is 0 Å². The van der Waals surface area contributed by atoms with Crippen LogP contribution in [0.5, 0.6) is 0 Å². The summed E-state index contributed by atoms with van der Waals surface area (Å²) in [7, 11) is 0. The lowest BCUT2D eigenvalue weighted by molar-refractivity contribution is -0.141. The molecule has 2 unspecified atom stereocenters. The minimum Gasteiger partial charge on any atom is -0.481 e. The third-order valence-corrected chi connectivity index (χ3v) is 3.80. The van der Waals surface area contributed by atoms with Gasteiger partial charge in [0.2, 0.25) is 6.10 Å². The van der Waals surface area contributed by atoms with Crippen LogP contribution in [-0.4, -0.2) is 41.6 Å². The number of carboxylic acid groups (broad SMARTS) is 1. The number of Topliss-reactive ketones (excluding diaryl/α,β-unsaturated/α-hetero) is 1. The largest absolute Gasteiger partial charge is 0.481 e. The first kappa shape index (κ1) is 21.5. The first-order valence-electron chi connectivity index (χ1n) is 8.59. The quantitative estimate of drug-likeness (QED) is 0.592. The van der Waals surface area contributed by atoms with Crippen LogP contribution in [0.2, 0.25) is 0 Å². The van der Waals surface area contributed by atoms with E-state index in [9.17, 15) is 23.6 Å². The summed E-state index contributed by atoms with van der Waals surface area (Å²) in [6.07, 6.45) is -3.22. The molecule has 0 saturated carbocycles. The van der Waals surface area contributed by atoms with E-state index in [1.807, 2.05) is 0 Å². The molecular weight excluding hydrogens is 383 g/mol. The van der Waals surface area contributed by atoms with Crippen molar-refractivity contribution in [1.29, 1.82) is 0 Å². The van der Waals surface area contributed by atoms with Crippen molar-refractivity contribution in [2.75, 3.05) is 12.0 Å². The maximum absolute atomic E-state index is 12.7. The number of ketones is 1. The van der Waals surface area contributed by atoms with Gasteiger partial charge in [-0.15, -0.1) is 0 Å². The highest BCUT2D eigenvalue weighted by molar-refractivity contribution is 5.95. The zero-order valence-corrected chi connectivity index (χ0v) is 15.2. The Balaban J connectivity index is 2.18. The second-order valence-electron chi connectivity index (χ2n) is 5.95. The summed E-state index contributed by atoms with van der Waals surface area (Å²) in [5.41, 5.74) is 0.719. The molecule has 2 rings (SSSR count). The van der Waals surface area contributed by atoms with E-state index in [4.69, 9.17) is 9.84 Å². The molecular formula is C20H19FN2O6. The van der Waals surface area contributed by atoms with Crippen LogP contribution in [-0.2, 0) is 19.1 Å². The second-order valence-corrected chi connectivity index (χ2v) is 5.95. The van der Waals surface area contributed by atoms with Gasteiger partial charge in [0, 0.05) is 11.3 Å². The van der Waals surface area contributed by atoms with E-state index in [2.05, 4.69) is 10.6 Å². The Kier molecular flexibility index (Phi) is 7.84. The van der Waals surface area contributed by atoms with Gasteiger partial charge in [0.15, 0.2) is 5.78 Å². The van der Waals surface area contributed by atoms with Gasteiger partial charge in [-0.1, -0.05) is 48.5 Å². The van der Waals surface area contributed by atoms with Crippen molar-refractivity contribution >= 4 is 29.4 Å². The summed E-state index contributed by atoms with van der Waals surface area (Å²) < 4.78 is 17.9. The number of aliphatic carboxylic acids is 1. The number of hydrogen-bond acceptors (Lipinski definition) is 5. The van der Waals surface area contributed by atoms with Crippen LogP contribution in [0.15, 0.2) is 60.7 Å². The van der Waals surface area contributed by atoms with E-state index in [1.54, 1.807) is 48.5 Å². The molecule has 0 saturated heterocycles. The van der Waals surface area contributed by atoms with Gasteiger partial charge < -0.3 is 15.2 Å². The summed E-state index contributed by atoms with van der Waals surface area (Å²) in [5.74, 6) is -3.44. The standard InChI is InChI=1S/C20H19FN2O6/c21-12-16(24)15(11-17(25)26)23-19(27)18(13-7-3-1-4-8-13)29-20(28)22-14-9-5-2-6-10-14/h1-10,15,18H,11-12H2,(H,22,28)(H,23,27)(H,25,26). The number of amides is 2. The van der Waals surface area contributed by atoms with Crippen LogP contribution in [0.3, 0.4) is 0 Å². The Morgan fingerprint density at radius 3 is 2.10 bits per heavy atom. The first-order chi connectivity index (χ1) is 13.9. The highest BCUT2D eigenvalue weighted by atomic mass is 19.1. The lowest BCUT2D eigenvalue weighted by atomic mass is 10.1. The zero-order chi connectivity index (χ0) is 21.2. The number of carbonyl (C=O) groups excluding carboxylic acids is 3. The average Bonchev–Trinajstić information content (AvgIpc) is 2.72. The molecule has 2 amide bonds. The fraction of sp³-hybridized carbons (Fsp3) is 0.200. The average molecular weight is 402 g/mol. The smallest absolute Gasteiger partial charge is 0.412 e. The van der Waals surface area contributed by atoms with E-state index in [0.717, 1.165) is 0 Å². The molecule has 0 spiro atoms. The van der Waals surface area contributed by atoms with Gasteiger partial charge in [0.05, 0.1) is 6.42 Å². The highest BCUT2D eigenvalue weighted by Crippen LogP contribution is 2.19. The van der Waals surface area contributed by atoms with Crippen molar-refractivity contribution in [1.82, 2.24) is 5.32 Å². The predicted octanol–water partition coefficient (Wildman–Crippen LogP) is 2.47. The molecule has 9 heteroatoms. The van der Waals surface area contributed by atoms with E-state index < -0.39 is 49.0 Å². The summed E-state index contributed by atoms with van der Waals surface area (Å²) in [4.78, 5) is 47.4. The van der Waals surface area contributed by atoms with Gasteiger partial charge in [-0.2, -0.15) is 0 Å². The molecule has 0 heterocycles. The minimum atomic E-state index is -1.59. The number of carbonyl (C=O) groups is 4. The molecule has 2 atom stereocenters. The van der Waals surface area contributed by atoms with Crippen molar-refractivity contribution in [3.05, 3.63) is 66.2 Å². The maximum atomic E-state index is 12.7. The molecule has 0 aromatic heterocycles. The Labute approximate surface area is 165 Å². The van der Waals surface area contributed by atoms with E-state index >= 15 is 0 Å². The predicted molar refractivity (Wildman–Crippen MR) is 101 cm³/mol. The van der Waals surface area contributed by atoms with Crippen LogP contribution in [0.25, 0.3) is 0 Å². The molecule has 0 bridgehead atoms. The lowest BCUT2D eigenvalue weighted by Crippen LogP contribution is -2.45. The van der Waals surface area contributed by atoms with Gasteiger partial charge >= 0.3 is 12.1 Å². The molecule has 152 valence electrons. The van der Waals surface area contributed by atoms with Crippen LogP contribution in [0.4, 0.5) is 14.9 Å². The number of ether oxygens (including phenoxy) is 1. The molecule has 0 radical (unpaired) electrons. The summed E-state index contributed by atoms with van der Waals surface area (Å²) >= 11 is 0. The molecule has 2 aromatic carbocycles. The number of hydrogen-bond donors (Lipinski definition) is 3. The van der Waals surface area contributed by atoms with E-state index in [0.29, 0.717) is 5.69 Å². The fourth-order valence-corrected chi connectivity index (χ4v) is 2.44. The molecule has 8 nitrogen and oxygen atoms in total. The van der Waals surface area contributed by atoms with Crippen molar-refractivity contribution in [2.24, 2.45) is 0 Å². The maximum Gasteiger partial charge on any atom is 0.412 e. The number of halogens is 1. The molecule has 3 N–H and O–H groups in total. The summed E-state index contributed by atoms with van der Waals surface area (Å²) in [6.45, 7) is -1.44. The molecule has 29 heavy (non-hydrogen) atoms. The topological polar surface area (TPSA) is 122 Å². The van der Waals surface area contributed by atoms with Gasteiger partial charge in [-0.05, 0) is 12.1 Å². The Morgan fingerprint density at radius 2 is 1.55 bits per heavy atom. The number of benzene rings is 2. The fourth-order valence-electron chi connectivity index (χ4n) is 2.44. The highest BCUT2D eigenvalue weighted by Gasteiger charge is 2.30. The Hall–Kier alpha value is -3.75. The van der Waals surface area contributed by atoms with Crippen molar-refractivity contribution < 1.29 is 33.4 Å². The van der Waals surface area contributed by atoms with Crippen molar-refractivity contribution in [3.8, 4) is 0 Å². The second kappa shape index (κ2) is 10.5. The van der Waals surface area contributed by atoms with Crippen LogP contribution in [0.1, 0.15) is 18.1 Å². The molecule has 2 aromatic rings. The summed E-state index contributed by atoms with van der Waals surface area (Å²) in [5, 5.41) is 13.5. The zero-order valence-electron chi connectivity index (χ0n) is 15.2. The SMILES string of the molecule is O=C(O)CC(NC(=O)C(OC(=O)Nc1ccccc1)c1ccccc1)C(=O)CF. The van der Waals surface area contributed by atoms with E-state index in [1.165, 1.54) is 12.1 Å². The number of rotatable bonds is 9. The van der Waals surface area contributed by atoms with Gasteiger partial charge in [-0.3, -0.25) is 19.7 Å². The van der Waals surface area contributed by atoms with Gasteiger partial charge in [-0.25, -0.2) is 9.18 Å². The lowest BCUT2D eigenvalue weighted by Gasteiger charge is -2.21. The van der Waals surface area contributed by atoms with Gasteiger partial charge in [0.25, 0.3) is 5.91 Å². The monoisotopic (exact) mass is 402 g/mol. The third kappa shape index (κ3) is 6.73. The van der Waals surface area contributed by atoms with Crippen LogP contribution in [0, 0.1) is 0 Å². The number of para-hydroxylation sites is 1.